The Hall–Kier alpha value is -3.22. The molecule has 2 aromatic rings. The Labute approximate surface area is 169 Å². The van der Waals surface area contributed by atoms with Crippen LogP contribution in [0.15, 0.2) is 48.7 Å². The van der Waals surface area contributed by atoms with E-state index in [1.807, 2.05) is 36.4 Å². The number of carbonyl (C=O) groups is 3. The van der Waals surface area contributed by atoms with Crippen LogP contribution < -0.4 is 0 Å². The molecule has 2 aliphatic heterocycles. The average Bonchev–Trinajstić information content (AvgIpc) is 3.01. The molecule has 1 saturated heterocycles. The topological polar surface area (TPSA) is 73.8 Å². The van der Waals surface area contributed by atoms with Crippen molar-refractivity contribution in [2.24, 2.45) is 0 Å². The molecule has 7 heteroatoms. The second-order valence-electron chi connectivity index (χ2n) is 7.60. The molecule has 1 fully saturated rings. The molecule has 0 N–H and O–H groups in total. The first-order chi connectivity index (χ1) is 14.0. The van der Waals surface area contributed by atoms with Gasteiger partial charge in [0.15, 0.2) is 0 Å². The summed E-state index contributed by atoms with van der Waals surface area (Å²) >= 11 is 0. The van der Waals surface area contributed by atoms with Gasteiger partial charge in [-0.3, -0.25) is 19.4 Å². The van der Waals surface area contributed by atoms with E-state index in [1.165, 1.54) is 0 Å². The summed E-state index contributed by atoms with van der Waals surface area (Å²) in [6.07, 6.45) is 2.73. The van der Waals surface area contributed by atoms with Gasteiger partial charge in [-0.25, -0.2) is 0 Å². The molecule has 29 heavy (non-hydrogen) atoms. The number of hydrogen-bond donors (Lipinski definition) is 0. The van der Waals surface area contributed by atoms with Gasteiger partial charge in [-0.05, 0) is 30.2 Å². The number of likely N-dealkylation sites (N-methyl/N-ethyl adjacent to an activating group) is 1. The summed E-state index contributed by atoms with van der Waals surface area (Å²) in [6, 6.07) is 13.2. The van der Waals surface area contributed by atoms with Gasteiger partial charge in [0.25, 0.3) is 5.91 Å². The quantitative estimate of drug-likeness (QED) is 0.744. The molecule has 0 radical (unpaired) electrons. The summed E-state index contributed by atoms with van der Waals surface area (Å²) in [7, 11) is 1.79. The number of hydrogen-bond acceptors (Lipinski definition) is 4. The Bertz CT molecular complexity index is 925. The smallest absolute Gasteiger partial charge is 0.254 e. The van der Waals surface area contributed by atoms with Crippen molar-refractivity contribution in [2.75, 3.05) is 26.7 Å². The lowest BCUT2D eigenvalue weighted by Gasteiger charge is -2.44. The summed E-state index contributed by atoms with van der Waals surface area (Å²) in [5.41, 5.74) is 2.54. The normalized spacial score (nSPS) is 15.8. The van der Waals surface area contributed by atoms with Crippen molar-refractivity contribution >= 4 is 17.7 Å². The summed E-state index contributed by atoms with van der Waals surface area (Å²) in [5, 5.41) is 0. The number of likely N-dealkylation sites (tertiary alicyclic amines) is 1. The van der Waals surface area contributed by atoms with Gasteiger partial charge >= 0.3 is 0 Å². The van der Waals surface area contributed by atoms with Crippen LogP contribution in [-0.4, -0.2) is 70.1 Å². The Kier molecular flexibility index (Phi) is 5.29. The summed E-state index contributed by atoms with van der Waals surface area (Å²) in [4.78, 5) is 46.6. The average molecular weight is 392 g/mol. The third kappa shape index (κ3) is 3.99. The highest BCUT2D eigenvalue weighted by Crippen LogP contribution is 2.23. The van der Waals surface area contributed by atoms with Crippen molar-refractivity contribution in [2.45, 2.75) is 25.4 Å². The number of carbonyl (C=O) groups excluding carboxylic acids is 3. The molecule has 2 aliphatic rings. The molecule has 0 spiro atoms. The highest BCUT2D eigenvalue weighted by atomic mass is 16.2. The number of nitrogens with zero attached hydrogens (tertiary/aromatic N) is 4. The molecule has 0 aliphatic carbocycles. The van der Waals surface area contributed by atoms with Crippen LogP contribution in [0.2, 0.25) is 0 Å². The predicted octanol–water partition coefficient (Wildman–Crippen LogP) is 1.34. The zero-order valence-electron chi connectivity index (χ0n) is 16.5. The molecule has 4 rings (SSSR count). The number of aromatic nitrogens is 1. The van der Waals surface area contributed by atoms with Gasteiger partial charge in [-0.2, -0.15) is 0 Å². The second kappa shape index (κ2) is 8.03. The standard InChI is InChI=1S/C22H24N4O3/c1-24(20(27)10-9-17-7-4-5-11-23-17)18-13-25(14-18)21(28)15-26-12-16-6-2-3-8-19(16)22(26)29/h2-8,11,18H,9-10,12-15H2,1H3. The van der Waals surface area contributed by atoms with Crippen LogP contribution in [0.4, 0.5) is 0 Å². The van der Waals surface area contributed by atoms with Crippen molar-refractivity contribution in [1.82, 2.24) is 19.7 Å². The molecule has 0 atom stereocenters. The Morgan fingerprint density at radius 2 is 1.90 bits per heavy atom. The van der Waals surface area contributed by atoms with Crippen LogP contribution in [0, 0.1) is 0 Å². The van der Waals surface area contributed by atoms with E-state index in [-0.39, 0.29) is 30.3 Å². The number of fused-ring (bicyclic) bond motifs is 1. The first-order valence-electron chi connectivity index (χ1n) is 9.83. The Morgan fingerprint density at radius 1 is 1.14 bits per heavy atom. The lowest BCUT2D eigenvalue weighted by Crippen LogP contribution is -2.62. The first-order valence-corrected chi connectivity index (χ1v) is 9.83. The number of rotatable bonds is 6. The third-order valence-corrected chi connectivity index (χ3v) is 5.70. The van der Waals surface area contributed by atoms with Gasteiger partial charge < -0.3 is 14.7 Å². The fourth-order valence-corrected chi connectivity index (χ4v) is 3.77. The maximum Gasteiger partial charge on any atom is 0.254 e. The van der Waals surface area contributed by atoms with Crippen LogP contribution in [0.5, 0.6) is 0 Å². The van der Waals surface area contributed by atoms with Gasteiger partial charge in [-0.15, -0.1) is 0 Å². The van der Waals surface area contributed by atoms with Crippen molar-refractivity contribution in [3.8, 4) is 0 Å². The van der Waals surface area contributed by atoms with Crippen LogP contribution in [-0.2, 0) is 22.6 Å². The van der Waals surface area contributed by atoms with Crippen molar-refractivity contribution in [3.63, 3.8) is 0 Å². The maximum atomic E-state index is 12.5. The number of benzene rings is 1. The molecular formula is C22H24N4O3. The fourth-order valence-electron chi connectivity index (χ4n) is 3.77. The van der Waals surface area contributed by atoms with Crippen LogP contribution in [0.25, 0.3) is 0 Å². The Morgan fingerprint density at radius 3 is 2.62 bits per heavy atom. The molecule has 1 aromatic heterocycles. The van der Waals surface area contributed by atoms with Crippen LogP contribution >= 0.6 is 0 Å². The van der Waals surface area contributed by atoms with Crippen molar-refractivity contribution in [3.05, 3.63) is 65.5 Å². The predicted molar refractivity (Wildman–Crippen MR) is 107 cm³/mol. The highest BCUT2D eigenvalue weighted by molar-refractivity contribution is 6.00. The van der Waals surface area contributed by atoms with Gasteiger partial charge in [0.1, 0.15) is 6.54 Å². The highest BCUT2D eigenvalue weighted by Gasteiger charge is 2.37. The van der Waals surface area contributed by atoms with E-state index >= 15 is 0 Å². The minimum Gasteiger partial charge on any atom is -0.339 e. The van der Waals surface area contributed by atoms with Crippen LogP contribution in [0.1, 0.15) is 28.0 Å². The number of pyridine rings is 1. The monoisotopic (exact) mass is 392 g/mol. The number of amides is 3. The van der Waals surface area contributed by atoms with Gasteiger partial charge in [-0.1, -0.05) is 24.3 Å². The lowest BCUT2D eigenvalue weighted by molar-refractivity contribution is -0.145. The molecule has 0 bridgehead atoms. The second-order valence-corrected chi connectivity index (χ2v) is 7.60. The first kappa shape index (κ1) is 19.1. The minimum atomic E-state index is -0.0900. The van der Waals surface area contributed by atoms with E-state index in [9.17, 15) is 14.4 Å². The van der Waals surface area contributed by atoms with Crippen molar-refractivity contribution in [1.29, 1.82) is 0 Å². The maximum absolute atomic E-state index is 12.5. The summed E-state index contributed by atoms with van der Waals surface area (Å²) in [5.74, 6) is -0.109. The third-order valence-electron chi connectivity index (χ3n) is 5.70. The van der Waals surface area contributed by atoms with Crippen molar-refractivity contribution < 1.29 is 14.4 Å². The van der Waals surface area contributed by atoms with Crippen LogP contribution in [0.3, 0.4) is 0 Å². The molecular weight excluding hydrogens is 368 g/mol. The minimum absolute atomic E-state index is 0.0293. The van der Waals surface area contributed by atoms with E-state index < -0.39 is 0 Å². The number of aryl methyl sites for hydroxylation is 1. The lowest BCUT2D eigenvalue weighted by atomic mass is 10.1. The molecule has 1 aromatic carbocycles. The molecule has 3 amide bonds. The molecule has 0 unspecified atom stereocenters. The SMILES string of the molecule is CN(C(=O)CCc1ccccn1)C1CN(C(=O)CN2Cc3ccccc3C2=O)C1. The van der Waals surface area contributed by atoms with E-state index in [4.69, 9.17) is 0 Å². The fraction of sp³-hybridized carbons (Fsp3) is 0.364. The van der Waals surface area contributed by atoms with Gasteiger partial charge in [0, 0.05) is 50.6 Å². The largest absolute Gasteiger partial charge is 0.339 e. The zero-order valence-corrected chi connectivity index (χ0v) is 16.5. The zero-order chi connectivity index (χ0) is 20.4. The van der Waals surface area contributed by atoms with Gasteiger partial charge in [0.2, 0.25) is 11.8 Å². The molecule has 150 valence electrons. The van der Waals surface area contributed by atoms with E-state index in [1.54, 1.807) is 34.0 Å². The van der Waals surface area contributed by atoms with E-state index in [0.717, 1.165) is 11.3 Å². The summed E-state index contributed by atoms with van der Waals surface area (Å²) < 4.78 is 0. The Balaban J connectivity index is 1.23. The van der Waals surface area contributed by atoms with E-state index in [2.05, 4.69) is 4.98 Å². The van der Waals surface area contributed by atoms with Gasteiger partial charge in [0.05, 0.1) is 6.04 Å². The molecule has 0 saturated carbocycles. The molecule has 3 heterocycles. The van der Waals surface area contributed by atoms with E-state index in [0.29, 0.717) is 38.0 Å². The summed E-state index contributed by atoms with van der Waals surface area (Å²) in [6.45, 7) is 1.58. The molecule has 7 nitrogen and oxygen atoms in total.